The normalized spacial score (nSPS) is 12.7. The van der Waals surface area contributed by atoms with Crippen molar-refractivity contribution in [1.29, 1.82) is 0 Å². The predicted molar refractivity (Wildman–Crippen MR) is 83.2 cm³/mol. The van der Waals surface area contributed by atoms with Crippen molar-refractivity contribution < 1.29 is 20.1 Å². The van der Waals surface area contributed by atoms with Crippen LogP contribution < -0.4 is 0 Å². The molecule has 0 saturated carbocycles. The maximum absolute atomic E-state index is 10.8. The molecular weight excluding hydrogens is 268 g/mol. The molecular formula is C17H24O4. The number of ketones is 1. The van der Waals surface area contributed by atoms with Crippen LogP contribution in [0.25, 0.3) is 6.08 Å². The number of unbranched alkanes of at least 4 members (excludes halogenated alkanes) is 1. The topological polar surface area (TPSA) is 77.8 Å². The summed E-state index contributed by atoms with van der Waals surface area (Å²) in [4.78, 5) is 10.8. The fourth-order valence-electron chi connectivity index (χ4n) is 2.14. The van der Waals surface area contributed by atoms with E-state index in [1.165, 1.54) is 6.07 Å². The van der Waals surface area contributed by atoms with Crippen LogP contribution in [0.3, 0.4) is 0 Å². The van der Waals surface area contributed by atoms with Crippen LogP contribution in [0.1, 0.15) is 51.0 Å². The Kier molecular flexibility index (Phi) is 7.54. The van der Waals surface area contributed by atoms with E-state index in [4.69, 9.17) is 0 Å². The summed E-state index contributed by atoms with van der Waals surface area (Å²) in [6.45, 7) is 1.57. The number of phenols is 2. The molecule has 4 nitrogen and oxygen atoms in total. The van der Waals surface area contributed by atoms with Gasteiger partial charge in [0.05, 0.1) is 6.10 Å². The van der Waals surface area contributed by atoms with Gasteiger partial charge in [-0.3, -0.25) is 0 Å². The van der Waals surface area contributed by atoms with Crippen LogP contribution >= 0.6 is 0 Å². The fourth-order valence-corrected chi connectivity index (χ4v) is 2.14. The number of carbonyl (C=O) groups is 1. The average molecular weight is 292 g/mol. The molecule has 1 atom stereocenters. The van der Waals surface area contributed by atoms with Gasteiger partial charge in [-0.1, -0.05) is 12.2 Å². The number of benzene rings is 1. The second-order valence-corrected chi connectivity index (χ2v) is 5.36. The monoisotopic (exact) mass is 292 g/mol. The van der Waals surface area contributed by atoms with E-state index in [2.05, 4.69) is 0 Å². The van der Waals surface area contributed by atoms with Crippen molar-refractivity contribution in [3.8, 4) is 11.5 Å². The average Bonchev–Trinajstić information content (AvgIpc) is 2.36. The molecule has 4 heteroatoms. The van der Waals surface area contributed by atoms with Crippen LogP contribution in [0, 0.1) is 0 Å². The predicted octanol–water partition coefficient (Wildman–Crippen LogP) is 3.40. The molecule has 0 amide bonds. The molecule has 0 aromatic heterocycles. The van der Waals surface area contributed by atoms with E-state index in [9.17, 15) is 20.1 Å². The third-order valence-corrected chi connectivity index (χ3v) is 3.21. The maximum Gasteiger partial charge on any atom is 0.129 e. The van der Waals surface area contributed by atoms with Gasteiger partial charge in [-0.15, -0.1) is 0 Å². The number of phenolic OH excluding ortho intramolecular Hbond substituents is 2. The third-order valence-electron chi connectivity index (χ3n) is 3.21. The summed E-state index contributed by atoms with van der Waals surface area (Å²) in [6.07, 6.45) is 7.80. The first kappa shape index (κ1) is 17.2. The summed E-state index contributed by atoms with van der Waals surface area (Å²) in [7, 11) is 0. The second-order valence-electron chi connectivity index (χ2n) is 5.36. The number of allylic oxidation sites excluding steroid dienone is 1. The minimum atomic E-state index is -0.345. The van der Waals surface area contributed by atoms with Crippen LogP contribution in [0.2, 0.25) is 0 Å². The van der Waals surface area contributed by atoms with E-state index in [0.717, 1.165) is 24.8 Å². The Hall–Kier alpha value is -1.81. The second kappa shape index (κ2) is 9.19. The molecule has 0 aliphatic carbocycles. The van der Waals surface area contributed by atoms with Gasteiger partial charge in [0.15, 0.2) is 0 Å². The molecule has 0 spiro atoms. The van der Waals surface area contributed by atoms with Gasteiger partial charge in [0, 0.05) is 12.5 Å². The van der Waals surface area contributed by atoms with Crippen LogP contribution in [0.4, 0.5) is 0 Å². The first-order valence-electron chi connectivity index (χ1n) is 7.34. The van der Waals surface area contributed by atoms with E-state index >= 15 is 0 Å². The maximum atomic E-state index is 10.8. The van der Waals surface area contributed by atoms with Crippen LogP contribution in [-0.2, 0) is 4.79 Å². The Morgan fingerprint density at radius 1 is 1.14 bits per heavy atom. The zero-order chi connectivity index (χ0) is 15.7. The number of aliphatic hydroxyl groups excluding tert-OH is 1. The lowest BCUT2D eigenvalue weighted by molar-refractivity contribution is -0.117. The molecule has 0 bridgehead atoms. The van der Waals surface area contributed by atoms with Gasteiger partial charge in [0.25, 0.3) is 0 Å². The van der Waals surface area contributed by atoms with Gasteiger partial charge in [-0.05, 0) is 56.7 Å². The van der Waals surface area contributed by atoms with E-state index in [1.54, 1.807) is 19.1 Å². The van der Waals surface area contributed by atoms with Gasteiger partial charge in [0.1, 0.15) is 17.3 Å². The standard InChI is InChI=1S/C17H24O4/c1-13(18)6-5-9-15(19)8-4-2-3-7-14-10-16(20)12-17(21)11-14/h3,7,10-12,15,19-21H,2,4-6,8-9H2,1H3/b7-3+. The number of rotatable bonds is 9. The Balaban J connectivity index is 2.21. The summed E-state index contributed by atoms with van der Waals surface area (Å²) in [5.74, 6) is 0.241. The quantitative estimate of drug-likeness (QED) is 0.610. The Bertz CT molecular complexity index is 459. The highest BCUT2D eigenvalue weighted by Gasteiger charge is 2.04. The van der Waals surface area contributed by atoms with Crippen molar-refractivity contribution in [2.24, 2.45) is 0 Å². The molecule has 0 aliphatic rings. The first-order valence-corrected chi connectivity index (χ1v) is 7.34. The number of aliphatic hydroxyl groups is 1. The van der Waals surface area contributed by atoms with Crippen molar-refractivity contribution in [2.75, 3.05) is 0 Å². The summed E-state index contributed by atoms with van der Waals surface area (Å²) in [6, 6.07) is 4.44. The van der Waals surface area contributed by atoms with E-state index in [-0.39, 0.29) is 23.4 Å². The zero-order valence-electron chi connectivity index (χ0n) is 12.5. The van der Waals surface area contributed by atoms with Gasteiger partial charge < -0.3 is 20.1 Å². The number of hydrogen-bond acceptors (Lipinski definition) is 4. The Labute approximate surface area is 125 Å². The lowest BCUT2D eigenvalue weighted by Crippen LogP contribution is -2.06. The molecule has 116 valence electrons. The Morgan fingerprint density at radius 2 is 1.76 bits per heavy atom. The summed E-state index contributed by atoms with van der Waals surface area (Å²) < 4.78 is 0. The Morgan fingerprint density at radius 3 is 2.38 bits per heavy atom. The molecule has 1 aromatic carbocycles. The van der Waals surface area contributed by atoms with Crippen molar-refractivity contribution in [2.45, 2.75) is 51.6 Å². The minimum Gasteiger partial charge on any atom is -0.508 e. The van der Waals surface area contributed by atoms with Crippen molar-refractivity contribution in [1.82, 2.24) is 0 Å². The highest BCUT2D eigenvalue weighted by atomic mass is 16.3. The molecule has 0 heterocycles. The number of carbonyl (C=O) groups excluding carboxylic acids is 1. The summed E-state index contributed by atoms with van der Waals surface area (Å²) in [5, 5.41) is 28.4. The minimum absolute atomic E-state index is 0.0375. The van der Waals surface area contributed by atoms with E-state index in [0.29, 0.717) is 19.3 Å². The first-order chi connectivity index (χ1) is 9.97. The molecule has 0 aliphatic heterocycles. The molecule has 1 rings (SSSR count). The smallest absolute Gasteiger partial charge is 0.129 e. The van der Waals surface area contributed by atoms with E-state index < -0.39 is 0 Å². The number of hydrogen-bond donors (Lipinski definition) is 3. The van der Waals surface area contributed by atoms with Crippen molar-refractivity contribution in [3.63, 3.8) is 0 Å². The van der Waals surface area contributed by atoms with Crippen LogP contribution in [0.15, 0.2) is 24.3 Å². The molecule has 0 fully saturated rings. The highest BCUT2D eigenvalue weighted by Crippen LogP contribution is 2.21. The molecule has 1 unspecified atom stereocenters. The summed E-state index contributed by atoms with van der Waals surface area (Å²) in [5.41, 5.74) is 0.745. The highest BCUT2D eigenvalue weighted by molar-refractivity contribution is 5.75. The van der Waals surface area contributed by atoms with Gasteiger partial charge in [0.2, 0.25) is 0 Å². The van der Waals surface area contributed by atoms with E-state index in [1.807, 2.05) is 12.2 Å². The van der Waals surface area contributed by atoms with Crippen molar-refractivity contribution in [3.05, 3.63) is 29.8 Å². The SMILES string of the molecule is CC(=O)CCCC(O)CCC/C=C/c1cc(O)cc(O)c1. The van der Waals surface area contributed by atoms with Crippen LogP contribution in [-0.4, -0.2) is 27.2 Å². The number of aromatic hydroxyl groups is 2. The van der Waals surface area contributed by atoms with Gasteiger partial charge in [-0.25, -0.2) is 0 Å². The molecule has 0 saturated heterocycles. The third kappa shape index (κ3) is 8.15. The molecule has 3 N–H and O–H groups in total. The number of Topliss-reactive ketones (excluding diaryl/α,β-unsaturated/α-hetero) is 1. The van der Waals surface area contributed by atoms with Crippen LogP contribution in [0.5, 0.6) is 11.5 Å². The zero-order valence-corrected chi connectivity index (χ0v) is 12.5. The largest absolute Gasteiger partial charge is 0.508 e. The molecule has 21 heavy (non-hydrogen) atoms. The molecule has 0 radical (unpaired) electrons. The lowest BCUT2D eigenvalue weighted by Gasteiger charge is -2.08. The fraction of sp³-hybridized carbons (Fsp3) is 0.471. The molecule has 1 aromatic rings. The summed E-state index contributed by atoms with van der Waals surface area (Å²) >= 11 is 0. The van der Waals surface area contributed by atoms with Gasteiger partial charge in [-0.2, -0.15) is 0 Å². The van der Waals surface area contributed by atoms with Gasteiger partial charge >= 0.3 is 0 Å². The van der Waals surface area contributed by atoms with Crippen molar-refractivity contribution >= 4 is 11.9 Å². The lowest BCUT2D eigenvalue weighted by atomic mass is 10.0.